The summed E-state index contributed by atoms with van der Waals surface area (Å²) in [5, 5.41) is 24.4. The fourth-order valence-electron chi connectivity index (χ4n) is 4.03. The summed E-state index contributed by atoms with van der Waals surface area (Å²) in [6.45, 7) is 7.66. The number of hydrogen-bond acceptors (Lipinski definition) is 10. The maximum atomic E-state index is 12.4. The Hall–Kier alpha value is -4.46. The van der Waals surface area contributed by atoms with Gasteiger partial charge >= 0.3 is 6.09 Å². The number of hydrogen-bond donors (Lipinski definition) is 2. The molecule has 0 radical (unpaired) electrons. The van der Waals surface area contributed by atoms with Gasteiger partial charge in [0.25, 0.3) is 0 Å². The first-order valence-electron chi connectivity index (χ1n) is 12.5. The first-order valence-corrected chi connectivity index (χ1v) is 12.5. The molecule has 3 aromatic rings. The monoisotopic (exact) mass is 516 g/mol. The quantitative estimate of drug-likeness (QED) is 0.457. The number of methoxy groups -OCH3 is 1. The number of nitriles is 1. The van der Waals surface area contributed by atoms with Crippen LogP contribution in [0.5, 0.6) is 5.75 Å². The van der Waals surface area contributed by atoms with Crippen LogP contribution in [-0.4, -0.2) is 63.5 Å². The number of benzene rings is 1. The molecule has 1 aromatic carbocycles. The molecule has 4 rings (SSSR count). The van der Waals surface area contributed by atoms with Crippen LogP contribution in [0.15, 0.2) is 42.7 Å². The van der Waals surface area contributed by atoms with Crippen LogP contribution in [0, 0.1) is 17.2 Å². The molecule has 11 heteroatoms. The molecule has 2 aromatic heterocycles. The number of carbonyl (C=O) groups is 1. The van der Waals surface area contributed by atoms with E-state index in [1.165, 1.54) is 12.4 Å². The van der Waals surface area contributed by atoms with Crippen molar-refractivity contribution in [1.29, 1.82) is 5.26 Å². The number of nitrogens with one attached hydrogen (secondary N) is 2. The third kappa shape index (κ3) is 7.06. The van der Waals surface area contributed by atoms with E-state index in [0.717, 1.165) is 29.8 Å². The van der Waals surface area contributed by atoms with Crippen molar-refractivity contribution in [1.82, 2.24) is 25.1 Å². The first-order chi connectivity index (χ1) is 18.2. The van der Waals surface area contributed by atoms with E-state index >= 15 is 0 Å². The Bertz CT molecular complexity index is 1280. The molecule has 0 aliphatic carbocycles. The molecule has 0 unspecified atom stereocenters. The van der Waals surface area contributed by atoms with Crippen LogP contribution in [0.25, 0.3) is 11.3 Å². The number of amides is 1. The lowest BCUT2D eigenvalue weighted by Crippen LogP contribution is -2.42. The van der Waals surface area contributed by atoms with Gasteiger partial charge in [0.15, 0.2) is 11.5 Å². The molecule has 0 spiro atoms. The minimum absolute atomic E-state index is 0.233. The van der Waals surface area contributed by atoms with Crippen LogP contribution in [0.3, 0.4) is 0 Å². The van der Waals surface area contributed by atoms with Crippen molar-refractivity contribution in [2.75, 3.05) is 37.4 Å². The molecule has 1 aliphatic rings. The molecule has 0 saturated carbocycles. The molecular formula is C27H32N8O3. The maximum Gasteiger partial charge on any atom is 0.410 e. The highest BCUT2D eigenvalue weighted by molar-refractivity contribution is 5.76. The van der Waals surface area contributed by atoms with E-state index in [-0.39, 0.29) is 11.8 Å². The lowest BCUT2D eigenvalue weighted by molar-refractivity contribution is 0.0188. The Morgan fingerprint density at radius 3 is 2.45 bits per heavy atom. The van der Waals surface area contributed by atoms with Crippen LogP contribution < -0.4 is 15.4 Å². The average Bonchev–Trinajstić information content (AvgIpc) is 2.92. The normalized spacial score (nSPS) is 13.9. The highest BCUT2D eigenvalue weighted by Crippen LogP contribution is 2.30. The summed E-state index contributed by atoms with van der Waals surface area (Å²) in [4.78, 5) is 22.4. The lowest BCUT2D eigenvalue weighted by atomic mass is 9.97. The van der Waals surface area contributed by atoms with E-state index in [1.54, 1.807) is 12.0 Å². The predicted octanol–water partition coefficient (Wildman–Crippen LogP) is 4.62. The van der Waals surface area contributed by atoms with E-state index in [9.17, 15) is 4.79 Å². The number of carbonyl (C=O) groups excluding carboxylic acids is 1. The van der Waals surface area contributed by atoms with Gasteiger partial charge in [-0.25, -0.2) is 14.8 Å². The van der Waals surface area contributed by atoms with E-state index < -0.39 is 5.60 Å². The van der Waals surface area contributed by atoms with Gasteiger partial charge in [-0.3, -0.25) is 0 Å². The molecule has 3 heterocycles. The molecule has 38 heavy (non-hydrogen) atoms. The van der Waals surface area contributed by atoms with Gasteiger partial charge in [-0.1, -0.05) is 0 Å². The number of piperidine rings is 1. The van der Waals surface area contributed by atoms with Crippen molar-refractivity contribution in [2.45, 2.75) is 39.2 Å². The lowest BCUT2D eigenvalue weighted by Gasteiger charge is -2.33. The number of likely N-dealkylation sites (tertiary alicyclic amines) is 1. The average molecular weight is 517 g/mol. The molecule has 1 amide bonds. The van der Waals surface area contributed by atoms with Crippen LogP contribution in [0.1, 0.15) is 39.3 Å². The zero-order chi connectivity index (χ0) is 27.1. The molecular weight excluding hydrogens is 484 g/mol. The summed E-state index contributed by atoms with van der Waals surface area (Å²) >= 11 is 0. The molecule has 1 saturated heterocycles. The van der Waals surface area contributed by atoms with Crippen molar-refractivity contribution in [2.24, 2.45) is 5.92 Å². The number of nitrogens with zero attached hydrogens (tertiary/aromatic N) is 6. The van der Waals surface area contributed by atoms with Crippen LogP contribution in [-0.2, 0) is 4.74 Å². The van der Waals surface area contributed by atoms with Crippen molar-refractivity contribution >= 4 is 23.4 Å². The molecule has 0 atom stereocenters. The zero-order valence-electron chi connectivity index (χ0n) is 22.1. The van der Waals surface area contributed by atoms with Crippen molar-refractivity contribution in [3.8, 4) is 23.1 Å². The van der Waals surface area contributed by atoms with Crippen molar-refractivity contribution in [3.63, 3.8) is 0 Å². The Kier molecular flexibility index (Phi) is 8.21. The second-order valence-corrected chi connectivity index (χ2v) is 10.0. The summed E-state index contributed by atoms with van der Waals surface area (Å²) in [6, 6.07) is 11.5. The van der Waals surface area contributed by atoms with E-state index in [2.05, 4.69) is 30.8 Å². The number of anilines is 3. The van der Waals surface area contributed by atoms with Gasteiger partial charge in [-0.2, -0.15) is 5.26 Å². The number of ether oxygens (including phenoxy) is 2. The van der Waals surface area contributed by atoms with E-state index in [1.807, 2.05) is 57.2 Å². The van der Waals surface area contributed by atoms with Gasteiger partial charge in [0.1, 0.15) is 28.9 Å². The van der Waals surface area contributed by atoms with Gasteiger partial charge in [-0.15, -0.1) is 10.2 Å². The summed E-state index contributed by atoms with van der Waals surface area (Å²) in [5.74, 6) is 2.08. The third-order valence-electron chi connectivity index (χ3n) is 6.03. The summed E-state index contributed by atoms with van der Waals surface area (Å²) in [5.41, 5.74) is 2.14. The summed E-state index contributed by atoms with van der Waals surface area (Å²) in [7, 11) is 1.63. The summed E-state index contributed by atoms with van der Waals surface area (Å²) in [6.07, 6.45) is 4.35. The topological polar surface area (TPSA) is 138 Å². The van der Waals surface area contributed by atoms with Crippen LogP contribution in [0.4, 0.5) is 22.1 Å². The van der Waals surface area contributed by atoms with Gasteiger partial charge in [0.2, 0.25) is 0 Å². The molecule has 198 valence electrons. The first kappa shape index (κ1) is 26.6. The molecule has 1 fully saturated rings. The number of rotatable bonds is 7. The van der Waals surface area contributed by atoms with Crippen LogP contribution in [0.2, 0.25) is 0 Å². The van der Waals surface area contributed by atoms with Gasteiger partial charge in [0, 0.05) is 31.3 Å². The van der Waals surface area contributed by atoms with Crippen molar-refractivity contribution < 1.29 is 14.3 Å². The number of aromatic nitrogens is 4. The van der Waals surface area contributed by atoms with Gasteiger partial charge < -0.3 is 25.0 Å². The fraction of sp³-hybridized carbons (Fsp3) is 0.407. The minimum Gasteiger partial charge on any atom is -0.497 e. The largest absolute Gasteiger partial charge is 0.497 e. The van der Waals surface area contributed by atoms with E-state index in [4.69, 9.17) is 14.7 Å². The van der Waals surface area contributed by atoms with E-state index in [0.29, 0.717) is 42.9 Å². The fourth-order valence-corrected chi connectivity index (χ4v) is 4.03. The van der Waals surface area contributed by atoms with Crippen molar-refractivity contribution in [3.05, 3.63) is 48.4 Å². The molecule has 1 aliphatic heterocycles. The van der Waals surface area contributed by atoms with Gasteiger partial charge in [-0.05, 0) is 63.8 Å². The molecule has 11 nitrogen and oxygen atoms in total. The molecule has 2 N–H and O–H groups in total. The smallest absolute Gasteiger partial charge is 0.410 e. The third-order valence-corrected chi connectivity index (χ3v) is 6.03. The Morgan fingerprint density at radius 1 is 1.11 bits per heavy atom. The Morgan fingerprint density at radius 2 is 1.84 bits per heavy atom. The Labute approximate surface area is 222 Å². The predicted molar refractivity (Wildman–Crippen MR) is 143 cm³/mol. The second kappa shape index (κ2) is 11.7. The standard InChI is InChI=1S/C27H32N8O3/c1-27(2,3)38-26(36)35-11-9-18(10-12-35)15-30-22-13-23(32-24-17-29-20(14-28)16-31-24)33-34-25(22)19-5-7-21(37-4)8-6-19/h5-8,13,16-18H,9-12,15H2,1-4H3,(H2,30,31,32,33). The van der Waals surface area contributed by atoms with Gasteiger partial charge in [0.05, 0.1) is 25.2 Å². The second-order valence-electron chi connectivity index (χ2n) is 10.0. The SMILES string of the molecule is COc1ccc(-c2nnc(Nc3cnc(C#N)cn3)cc2NCC2CCN(C(=O)OC(C)(C)C)CC2)cc1. The van der Waals surface area contributed by atoms with Crippen LogP contribution >= 0.6 is 0 Å². The maximum absolute atomic E-state index is 12.4. The summed E-state index contributed by atoms with van der Waals surface area (Å²) < 4.78 is 10.8. The zero-order valence-corrected chi connectivity index (χ0v) is 22.1. The molecule has 0 bridgehead atoms. The Balaban J connectivity index is 1.47. The minimum atomic E-state index is -0.503. The highest BCUT2D eigenvalue weighted by atomic mass is 16.6. The highest BCUT2D eigenvalue weighted by Gasteiger charge is 2.27.